The minimum absolute atomic E-state index is 0.00779. The molecule has 0 aliphatic rings. The Balaban J connectivity index is 2.06. The Morgan fingerprint density at radius 1 is 1.00 bits per heavy atom. The van der Waals surface area contributed by atoms with Crippen LogP contribution in [0.25, 0.3) is 0 Å². The van der Waals surface area contributed by atoms with E-state index in [9.17, 15) is 13.2 Å². The highest BCUT2D eigenvalue weighted by atomic mass is 35.5. The van der Waals surface area contributed by atoms with Crippen LogP contribution < -0.4 is 10.0 Å². The second-order valence-corrected chi connectivity index (χ2v) is 7.41. The number of carbonyl (C=O) groups is 1. The molecule has 2 N–H and O–H groups in total. The molecule has 0 aliphatic carbocycles. The van der Waals surface area contributed by atoms with Gasteiger partial charge in [-0.15, -0.1) is 0 Å². The van der Waals surface area contributed by atoms with E-state index >= 15 is 0 Å². The van der Waals surface area contributed by atoms with Crippen LogP contribution in [0, 0.1) is 0 Å². The Morgan fingerprint density at radius 3 is 2.39 bits per heavy atom. The Kier molecular flexibility index (Phi) is 5.89. The molecule has 0 radical (unpaired) electrons. The van der Waals surface area contributed by atoms with Crippen LogP contribution in [-0.4, -0.2) is 20.9 Å². The zero-order valence-electron chi connectivity index (χ0n) is 11.5. The van der Waals surface area contributed by atoms with E-state index in [0.717, 1.165) is 0 Å². The molecule has 0 bridgehead atoms. The van der Waals surface area contributed by atoms with Crippen LogP contribution in [0.2, 0.25) is 15.1 Å². The van der Waals surface area contributed by atoms with Gasteiger partial charge in [-0.25, -0.2) is 13.1 Å². The molecule has 1 amide bonds. The van der Waals surface area contributed by atoms with Crippen LogP contribution >= 0.6 is 34.8 Å². The molecule has 2 aromatic carbocycles. The first kappa shape index (κ1) is 18.0. The minimum Gasteiger partial charge on any atom is -0.324 e. The van der Waals surface area contributed by atoms with Crippen molar-refractivity contribution in [3.63, 3.8) is 0 Å². The molecule has 0 fully saturated rings. The number of benzene rings is 2. The van der Waals surface area contributed by atoms with Crippen molar-refractivity contribution in [2.24, 2.45) is 0 Å². The van der Waals surface area contributed by atoms with Crippen molar-refractivity contribution in [2.45, 2.75) is 4.90 Å². The van der Waals surface area contributed by atoms with Crippen molar-refractivity contribution < 1.29 is 13.2 Å². The van der Waals surface area contributed by atoms with Gasteiger partial charge in [0.05, 0.1) is 22.3 Å². The number of carbonyl (C=O) groups excluding carboxylic acids is 1. The Labute approximate surface area is 148 Å². The van der Waals surface area contributed by atoms with Crippen molar-refractivity contribution >= 4 is 56.4 Å². The van der Waals surface area contributed by atoms with Gasteiger partial charge in [0.25, 0.3) is 0 Å². The van der Waals surface area contributed by atoms with Crippen LogP contribution in [0.1, 0.15) is 0 Å². The Morgan fingerprint density at radius 2 is 1.70 bits per heavy atom. The zero-order chi connectivity index (χ0) is 17.0. The predicted molar refractivity (Wildman–Crippen MR) is 91.7 cm³/mol. The van der Waals surface area contributed by atoms with Crippen molar-refractivity contribution in [3.05, 3.63) is 57.5 Å². The fourth-order valence-electron chi connectivity index (χ4n) is 1.68. The zero-order valence-corrected chi connectivity index (χ0v) is 14.6. The number of amides is 1. The lowest BCUT2D eigenvalue weighted by molar-refractivity contribution is -0.115. The van der Waals surface area contributed by atoms with Crippen LogP contribution in [0.4, 0.5) is 5.69 Å². The summed E-state index contributed by atoms with van der Waals surface area (Å²) in [5.41, 5.74) is 0.388. The molecule has 0 aliphatic heterocycles. The van der Waals surface area contributed by atoms with Crippen LogP contribution in [-0.2, 0) is 14.8 Å². The van der Waals surface area contributed by atoms with Gasteiger partial charge in [0.2, 0.25) is 15.9 Å². The van der Waals surface area contributed by atoms with Gasteiger partial charge in [-0.2, -0.15) is 0 Å². The monoisotopic (exact) mass is 392 g/mol. The molecular formula is C14H11Cl3N2O3S. The van der Waals surface area contributed by atoms with Gasteiger partial charge in [-0.1, -0.05) is 46.9 Å². The number of sulfonamides is 1. The van der Waals surface area contributed by atoms with E-state index in [1.165, 1.54) is 18.2 Å². The Bertz CT molecular complexity index is 841. The third-order valence-electron chi connectivity index (χ3n) is 2.75. The summed E-state index contributed by atoms with van der Waals surface area (Å²) in [5.74, 6) is -0.570. The molecule has 23 heavy (non-hydrogen) atoms. The summed E-state index contributed by atoms with van der Waals surface area (Å²) in [5, 5.41) is 3.08. The lowest BCUT2D eigenvalue weighted by atomic mass is 10.3. The van der Waals surface area contributed by atoms with Crippen molar-refractivity contribution in [1.29, 1.82) is 0 Å². The van der Waals surface area contributed by atoms with Gasteiger partial charge in [-0.05, 0) is 30.3 Å². The molecule has 0 heterocycles. The van der Waals surface area contributed by atoms with Gasteiger partial charge >= 0.3 is 0 Å². The molecule has 5 nitrogen and oxygen atoms in total. The summed E-state index contributed by atoms with van der Waals surface area (Å²) in [6.45, 7) is -0.476. The molecule has 122 valence electrons. The third kappa shape index (κ3) is 4.83. The molecule has 9 heteroatoms. The van der Waals surface area contributed by atoms with E-state index in [1.807, 2.05) is 0 Å². The van der Waals surface area contributed by atoms with Gasteiger partial charge < -0.3 is 5.32 Å². The third-order valence-corrected chi connectivity index (χ3v) is 5.20. The van der Waals surface area contributed by atoms with E-state index < -0.39 is 22.5 Å². The highest BCUT2D eigenvalue weighted by Gasteiger charge is 2.19. The molecule has 0 saturated carbocycles. The van der Waals surface area contributed by atoms with E-state index in [2.05, 4.69) is 10.0 Å². The van der Waals surface area contributed by atoms with Crippen molar-refractivity contribution in [3.8, 4) is 0 Å². The van der Waals surface area contributed by atoms with Crippen LogP contribution in [0.15, 0.2) is 47.4 Å². The van der Waals surface area contributed by atoms with Gasteiger partial charge in [-0.3, -0.25) is 4.79 Å². The van der Waals surface area contributed by atoms with E-state index in [4.69, 9.17) is 34.8 Å². The van der Waals surface area contributed by atoms with Crippen LogP contribution in [0.5, 0.6) is 0 Å². The predicted octanol–water partition coefficient (Wildman–Crippen LogP) is 3.56. The maximum absolute atomic E-state index is 12.2. The summed E-state index contributed by atoms with van der Waals surface area (Å²) in [6.07, 6.45) is 0. The minimum atomic E-state index is -3.97. The summed E-state index contributed by atoms with van der Waals surface area (Å²) < 4.78 is 26.5. The number of nitrogens with one attached hydrogen (secondary N) is 2. The first-order chi connectivity index (χ1) is 10.8. The topological polar surface area (TPSA) is 75.3 Å². The molecule has 0 saturated heterocycles. The second-order valence-electron chi connectivity index (χ2n) is 4.43. The normalized spacial score (nSPS) is 11.3. The van der Waals surface area contributed by atoms with Gasteiger partial charge in [0.1, 0.15) is 4.90 Å². The molecule has 2 rings (SSSR count). The number of anilines is 1. The summed E-state index contributed by atoms with van der Waals surface area (Å²) in [6, 6.07) is 10.6. The average Bonchev–Trinajstić information content (AvgIpc) is 2.50. The summed E-state index contributed by atoms with van der Waals surface area (Å²) >= 11 is 17.5. The lowest BCUT2D eigenvalue weighted by Crippen LogP contribution is -2.33. The van der Waals surface area contributed by atoms with Gasteiger partial charge in [0.15, 0.2) is 0 Å². The molecule has 0 atom stereocenters. The second kappa shape index (κ2) is 7.51. The number of hydrogen-bond donors (Lipinski definition) is 2. The largest absolute Gasteiger partial charge is 0.324 e. The standard InChI is InChI=1S/C14H11Cl3N2O3S/c15-9-5-6-11(17)13(7-9)23(21,22)18-8-14(20)19-12-4-2-1-3-10(12)16/h1-7,18H,8H2,(H,19,20). The Hall–Kier alpha value is -1.31. The number of rotatable bonds is 5. The molecular weight excluding hydrogens is 383 g/mol. The van der Waals surface area contributed by atoms with E-state index in [0.29, 0.717) is 10.7 Å². The molecule has 0 aromatic heterocycles. The summed E-state index contributed by atoms with van der Waals surface area (Å²) in [4.78, 5) is 11.6. The number of hydrogen-bond acceptors (Lipinski definition) is 3. The highest BCUT2D eigenvalue weighted by molar-refractivity contribution is 7.89. The fraction of sp³-hybridized carbons (Fsp3) is 0.0714. The van der Waals surface area contributed by atoms with Gasteiger partial charge in [0, 0.05) is 5.02 Å². The van der Waals surface area contributed by atoms with Crippen molar-refractivity contribution in [2.75, 3.05) is 11.9 Å². The fourth-order valence-corrected chi connectivity index (χ4v) is 3.60. The first-order valence-corrected chi connectivity index (χ1v) is 8.90. The van der Waals surface area contributed by atoms with Crippen LogP contribution in [0.3, 0.4) is 0 Å². The average molecular weight is 394 g/mol. The smallest absolute Gasteiger partial charge is 0.242 e. The molecule has 0 spiro atoms. The number of halogens is 3. The maximum atomic E-state index is 12.2. The summed E-state index contributed by atoms with van der Waals surface area (Å²) in [7, 11) is -3.97. The molecule has 2 aromatic rings. The SMILES string of the molecule is O=C(CNS(=O)(=O)c1cc(Cl)ccc1Cl)Nc1ccccc1Cl. The number of para-hydroxylation sites is 1. The lowest BCUT2D eigenvalue weighted by Gasteiger charge is -2.10. The molecule has 0 unspecified atom stereocenters. The van der Waals surface area contributed by atoms with E-state index in [1.54, 1.807) is 24.3 Å². The van der Waals surface area contributed by atoms with E-state index in [-0.39, 0.29) is 14.9 Å². The maximum Gasteiger partial charge on any atom is 0.242 e. The first-order valence-electron chi connectivity index (χ1n) is 6.29. The quantitative estimate of drug-likeness (QED) is 0.815. The van der Waals surface area contributed by atoms with Crippen molar-refractivity contribution in [1.82, 2.24) is 4.72 Å². The highest BCUT2D eigenvalue weighted by Crippen LogP contribution is 2.24.